The Labute approximate surface area is 129 Å². The van der Waals surface area contributed by atoms with Crippen molar-refractivity contribution < 1.29 is 9.53 Å². The number of carbonyl (C=O) groups is 1. The van der Waals surface area contributed by atoms with Crippen molar-refractivity contribution in [3.05, 3.63) is 11.4 Å². The first-order chi connectivity index (χ1) is 9.90. The van der Waals surface area contributed by atoms with Crippen LogP contribution in [0.2, 0.25) is 0 Å². The zero-order valence-corrected chi connectivity index (χ0v) is 13.8. The Hall–Kier alpha value is -1.17. The molecule has 2 atom stereocenters. The van der Waals surface area contributed by atoms with Crippen LogP contribution in [0.15, 0.2) is 5.16 Å². The lowest BCUT2D eigenvalue weighted by Crippen LogP contribution is -2.32. The summed E-state index contributed by atoms with van der Waals surface area (Å²) in [4.78, 5) is 16.1. The van der Waals surface area contributed by atoms with Crippen molar-refractivity contribution >= 4 is 17.7 Å². The molecule has 1 heterocycles. The van der Waals surface area contributed by atoms with Crippen LogP contribution in [0.25, 0.3) is 0 Å². The van der Waals surface area contributed by atoms with Gasteiger partial charge in [-0.05, 0) is 25.2 Å². The van der Waals surface area contributed by atoms with E-state index in [2.05, 4.69) is 31.0 Å². The molecule has 114 valence electrons. The van der Waals surface area contributed by atoms with E-state index in [4.69, 9.17) is 9.72 Å². The number of fused-ring (bicyclic) bond motifs is 5. The smallest absolute Gasteiger partial charge is 0.316 e. The molecular formula is C15H21N3O2S. The largest absolute Gasteiger partial charge is 0.465 e. The molecule has 1 aromatic rings. The van der Waals surface area contributed by atoms with Gasteiger partial charge in [0.25, 0.3) is 0 Å². The Morgan fingerprint density at radius 1 is 1.38 bits per heavy atom. The number of carbonyl (C=O) groups excluding carboxylic acids is 1. The first-order valence-electron chi connectivity index (χ1n) is 7.43. The molecule has 1 aromatic heterocycles. The third-order valence-electron chi connectivity index (χ3n) is 5.40. The van der Waals surface area contributed by atoms with Crippen LogP contribution in [0.5, 0.6) is 0 Å². The number of hydrogen-bond donors (Lipinski definition) is 0. The fraction of sp³-hybridized carbons (Fsp3) is 0.733. The maximum absolute atomic E-state index is 11.4. The van der Waals surface area contributed by atoms with Gasteiger partial charge in [-0.25, -0.2) is 4.98 Å². The van der Waals surface area contributed by atoms with Crippen molar-refractivity contribution in [3.8, 4) is 0 Å². The van der Waals surface area contributed by atoms with Crippen LogP contribution in [0.4, 0.5) is 0 Å². The lowest BCUT2D eigenvalue weighted by molar-refractivity contribution is -0.139. The summed E-state index contributed by atoms with van der Waals surface area (Å²) >= 11 is 1.30. The molecular weight excluding hydrogens is 286 g/mol. The van der Waals surface area contributed by atoms with Crippen LogP contribution in [-0.4, -0.2) is 33.5 Å². The van der Waals surface area contributed by atoms with E-state index in [0.717, 1.165) is 17.8 Å². The van der Waals surface area contributed by atoms with E-state index < -0.39 is 0 Å². The number of ether oxygens (including phenoxy) is 1. The molecule has 0 unspecified atom stereocenters. The Morgan fingerprint density at radius 3 is 2.86 bits per heavy atom. The van der Waals surface area contributed by atoms with E-state index in [-0.39, 0.29) is 22.6 Å². The van der Waals surface area contributed by atoms with Gasteiger partial charge in [0.1, 0.15) is 0 Å². The van der Waals surface area contributed by atoms with Gasteiger partial charge in [-0.2, -0.15) is 5.10 Å². The standard InChI is InChI=1S/C15H21N3O2S/c1-5-20-10(19)8-21-13-16-12-11(17-18-13)9-6-7-15(12,4)14(9,2)3/h9H,5-8H2,1-4H3/t9-,15+/m1/s1. The summed E-state index contributed by atoms with van der Waals surface area (Å²) in [5.74, 6) is 0.457. The normalized spacial score (nSPS) is 28.5. The molecule has 2 aliphatic rings. The van der Waals surface area contributed by atoms with E-state index in [1.165, 1.54) is 18.2 Å². The molecule has 21 heavy (non-hydrogen) atoms. The average molecular weight is 307 g/mol. The molecule has 0 amide bonds. The van der Waals surface area contributed by atoms with Gasteiger partial charge in [0.05, 0.1) is 23.7 Å². The molecule has 0 saturated heterocycles. The lowest BCUT2D eigenvalue weighted by atomic mass is 9.70. The lowest BCUT2D eigenvalue weighted by Gasteiger charge is -2.33. The number of aromatic nitrogens is 3. The van der Waals surface area contributed by atoms with Crippen molar-refractivity contribution in [2.75, 3.05) is 12.4 Å². The summed E-state index contributed by atoms with van der Waals surface area (Å²) in [6, 6.07) is 0. The van der Waals surface area contributed by atoms with Crippen molar-refractivity contribution in [2.45, 2.75) is 57.0 Å². The molecule has 0 spiro atoms. The first-order valence-corrected chi connectivity index (χ1v) is 8.42. The number of esters is 1. The molecule has 0 radical (unpaired) electrons. The number of hydrogen-bond acceptors (Lipinski definition) is 6. The highest BCUT2D eigenvalue weighted by molar-refractivity contribution is 7.99. The van der Waals surface area contributed by atoms with E-state index in [1.54, 1.807) is 6.92 Å². The van der Waals surface area contributed by atoms with Crippen molar-refractivity contribution in [1.82, 2.24) is 15.2 Å². The molecule has 5 nitrogen and oxygen atoms in total. The fourth-order valence-electron chi connectivity index (χ4n) is 3.75. The second kappa shape index (κ2) is 4.93. The van der Waals surface area contributed by atoms with Crippen LogP contribution >= 0.6 is 11.8 Å². The third kappa shape index (κ3) is 2.06. The van der Waals surface area contributed by atoms with Gasteiger partial charge in [-0.15, -0.1) is 5.10 Å². The van der Waals surface area contributed by atoms with Gasteiger partial charge in [-0.1, -0.05) is 32.5 Å². The van der Waals surface area contributed by atoms with Gasteiger partial charge < -0.3 is 4.74 Å². The van der Waals surface area contributed by atoms with E-state index in [1.807, 2.05) is 0 Å². The first kappa shape index (κ1) is 14.8. The Balaban J connectivity index is 1.83. The summed E-state index contributed by atoms with van der Waals surface area (Å²) in [7, 11) is 0. The number of nitrogens with zero attached hydrogens (tertiary/aromatic N) is 3. The van der Waals surface area contributed by atoms with E-state index >= 15 is 0 Å². The van der Waals surface area contributed by atoms with Gasteiger partial charge in [0, 0.05) is 11.3 Å². The van der Waals surface area contributed by atoms with Crippen molar-refractivity contribution in [3.63, 3.8) is 0 Å². The molecule has 6 heteroatoms. The predicted octanol–water partition coefficient (Wildman–Crippen LogP) is 2.70. The van der Waals surface area contributed by atoms with Crippen LogP contribution < -0.4 is 0 Å². The molecule has 1 fully saturated rings. The van der Waals surface area contributed by atoms with Gasteiger partial charge >= 0.3 is 5.97 Å². The summed E-state index contributed by atoms with van der Waals surface area (Å²) in [5.41, 5.74) is 2.41. The summed E-state index contributed by atoms with van der Waals surface area (Å²) in [6.07, 6.45) is 2.32. The molecule has 0 aromatic carbocycles. The van der Waals surface area contributed by atoms with Gasteiger partial charge in [0.15, 0.2) is 0 Å². The van der Waals surface area contributed by atoms with Crippen LogP contribution in [0.1, 0.15) is 57.8 Å². The second-order valence-electron chi connectivity index (χ2n) is 6.57. The molecule has 1 saturated carbocycles. The third-order valence-corrected chi connectivity index (χ3v) is 6.21. The summed E-state index contributed by atoms with van der Waals surface area (Å²) < 4.78 is 4.92. The van der Waals surface area contributed by atoms with Gasteiger partial charge in [-0.3, -0.25) is 4.79 Å². The Kier molecular flexibility index (Phi) is 3.47. The minimum atomic E-state index is -0.236. The number of thioether (sulfide) groups is 1. The van der Waals surface area contributed by atoms with E-state index in [9.17, 15) is 4.79 Å². The highest BCUT2D eigenvalue weighted by Crippen LogP contribution is 2.66. The van der Waals surface area contributed by atoms with Crippen molar-refractivity contribution in [1.29, 1.82) is 0 Å². The quantitative estimate of drug-likeness (QED) is 0.629. The molecule has 0 N–H and O–H groups in total. The Bertz CT molecular complexity index is 590. The molecule has 2 aliphatic carbocycles. The molecule has 2 bridgehead atoms. The SMILES string of the molecule is CCOC(=O)CSc1nnc2c(n1)[C@]1(C)CC[C@H]2C1(C)C. The highest BCUT2D eigenvalue weighted by atomic mass is 32.2. The topological polar surface area (TPSA) is 65.0 Å². The summed E-state index contributed by atoms with van der Waals surface area (Å²) in [5, 5.41) is 9.19. The summed E-state index contributed by atoms with van der Waals surface area (Å²) in [6.45, 7) is 9.10. The maximum Gasteiger partial charge on any atom is 0.316 e. The van der Waals surface area contributed by atoms with Crippen LogP contribution in [0, 0.1) is 5.41 Å². The Morgan fingerprint density at radius 2 is 2.14 bits per heavy atom. The van der Waals surface area contributed by atoms with Crippen molar-refractivity contribution in [2.24, 2.45) is 5.41 Å². The number of rotatable bonds is 4. The van der Waals surface area contributed by atoms with Gasteiger partial charge in [0.2, 0.25) is 5.16 Å². The fourth-order valence-corrected chi connectivity index (χ4v) is 4.33. The second-order valence-corrected chi connectivity index (χ2v) is 7.51. The highest BCUT2D eigenvalue weighted by Gasteiger charge is 2.61. The zero-order chi connectivity index (χ0) is 15.3. The van der Waals surface area contributed by atoms with Crippen LogP contribution in [-0.2, 0) is 14.9 Å². The predicted molar refractivity (Wildman–Crippen MR) is 80.3 cm³/mol. The molecule has 0 aliphatic heterocycles. The van der Waals surface area contributed by atoms with Crippen LogP contribution in [0.3, 0.4) is 0 Å². The monoisotopic (exact) mass is 307 g/mol. The average Bonchev–Trinajstić information content (AvgIpc) is 2.77. The zero-order valence-electron chi connectivity index (χ0n) is 13.0. The maximum atomic E-state index is 11.4. The minimum absolute atomic E-state index is 0.0716. The van der Waals surface area contributed by atoms with E-state index in [0.29, 0.717) is 17.7 Å². The molecule has 3 rings (SSSR count). The minimum Gasteiger partial charge on any atom is -0.465 e.